The zero-order chi connectivity index (χ0) is 16.0. The lowest BCUT2D eigenvalue weighted by molar-refractivity contribution is 0.0660. The van der Waals surface area contributed by atoms with Crippen LogP contribution in [0.3, 0.4) is 0 Å². The fraction of sp³-hybridized carbons (Fsp3) is 0.267. The molecule has 0 aliphatic heterocycles. The van der Waals surface area contributed by atoms with E-state index in [2.05, 4.69) is 0 Å². The molecule has 0 aliphatic rings. The zero-order valence-corrected chi connectivity index (χ0v) is 12.6. The number of hydrogen-bond acceptors (Lipinski definition) is 5. The molecule has 1 aromatic carbocycles. The maximum Gasteiger partial charge on any atom is 0.371 e. The maximum absolute atomic E-state index is 11.9. The first kappa shape index (κ1) is 16.3. The molecule has 0 radical (unpaired) electrons. The van der Waals surface area contributed by atoms with Crippen LogP contribution in [0.25, 0.3) is 0 Å². The first-order chi connectivity index (χ1) is 10.5. The number of sulfone groups is 1. The summed E-state index contributed by atoms with van der Waals surface area (Å²) in [5.74, 6) is -1.88. The van der Waals surface area contributed by atoms with E-state index < -0.39 is 15.8 Å². The van der Waals surface area contributed by atoms with Crippen LogP contribution in [0.2, 0.25) is 0 Å². The van der Waals surface area contributed by atoms with Crippen molar-refractivity contribution in [1.82, 2.24) is 0 Å². The van der Waals surface area contributed by atoms with E-state index in [-0.39, 0.29) is 29.6 Å². The van der Waals surface area contributed by atoms with Crippen molar-refractivity contribution >= 4 is 15.8 Å². The standard InChI is InChI=1S/C15H16O6S/c16-15(17)14-7-6-13(21-14)11-22(18,19)9-8-20-10-12-4-2-1-3-5-12/h1-7H,8-11H2,(H,16,17). The third-order valence-electron chi connectivity index (χ3n) is 2.88. The molecule has 0 atom stereocenters. The van der Waals surface area contributed by atoms with Gasteiger partial charge in [-0.1, -0.05) is 30.3 Å². The molecule has 2 rings (SSSR count). The highest BCUT2D eigenvalue weighted by atomic mass is 32.2. The highest BCUT2D eigenvalue weighted by Crippen LogP contribution is 2.12. The molecule has 2 aromatic rings. The summed E-state index contributed by atoms with van der Waals surface area (Å²) in [5.41, 5.74) is 0.969. The molecule has 22 heavy (non-hydrogen) atoms. The van der Waals surface area contributed by atoms with Gasteiger partial charge in [0.25, 0.3) is 0 Å². The van der Waals surface area contributed by atoms with E-state index in [0.717, 1.165) is 5.56 Å². The lowest BCUT2D eigenvalue weighted by Gasteiger charge is -2.05. The van der Waals surface area contributed by atoms with Crippen LogP contribution in [-0.4, -0.2) is 31.9 Å². The average molecular weight is 324 g/mol. The smallest absolute Gasteiger partial charge is 0.371 e. The van der Waals surface area contributed by atoms with Crippen molar-refractivity contribution in [1.29, 1.82) is 0 Å². The predicted octanol–water partition coefficient (Wildman–Crippen LogP) is 2.11. The van der Waals surface area contributed by atoms with E-state index in [4.69, 9.17) is 14.3 Å². The Labute approximate surface area is 128 Å². The molecule has 118 valence electrons. The van der Waals surface area contributed by atoms with Gasteiger partial charge in [-0.05, 0) is 17.7 Å². The summed E-state index contributed by atoms with van der Waals surface area (Å²) in [6.45, 7) is 0.421. The number of aromatic carboxylic acids is 1. The third kappa shape index (κ3) is 5.01. The summed E-state index contributed by atoms with van der Waals surface area (Å²) in [5, 5.41) is 8.71. The summed E-state index contributed by atoms with van der Waals surface area (Å²) >= 11 is 0. The van der Waals surface area contributed by atoms with Crippen LogP contribution in [0.4, 0.5) is 0 Å². The Bertz CT molecular complexity index is 718. The van der Waals surface area contributed by atoms with E-state index >= 15 is 0 Å². The fourth-order valence-electron chi connectivity index (χ4n) is 1.81. The zero-order valence-electron chi connectivity index (χ0n) is 11.8. The van der Waals surface area contributed by atoms with E-state index in [9.17, 15) is 13.2 Å². The molecule has 1 heterocycles. The van der Waals surface area contributed by atoms with Gasteiger partial charge < -0.3 is 14.3 Å². The summed E-state index contributed by atoms with van der Waals surface area (Å²) < 4.78 is 34.1. The Hall–Kier alpha value is -2.12. The van der Waals surface area contributed by atoms with Crippen LogP contribution in [0.5, 0.6) is 0 Å². The number of carboxylic acids is 1. The quantitative estimate of drug-likeness (QED) is 0.747. The topological polar surface area (TPSA) is 93.8 Å². The van der Waals surface area contributed by atoms with Gasteiger partial charge in [0.15, 0.2) is 9.84 Å². The van der Waals surface area contributed by atoms with Crippen LogP contribution >= 0.6 is 0 Å². The Kier molecular flexibility index (Phi) is 5.35. The molecule has 0 unspecified atom stereocenters. The van der Waals surface area contributed by atoms with Crippen molar-refractivity contribution in [3.05, 3.63) is 59.5 Å². The summed E-state index contributed by atoms with van der Waals surface area (Å²) in [6, 6.07) is 12.0. The number of carboxylic acid groups (broad SMARTS) is 1. The van der Waals surface area contributed by atoms with Gasteiger partial charge in [-0.2, -0.15) is 0 Å². The summed E-state index contributed by atoms with van der Waals surface area (Å²) in [6.07, 6.45) is 0. The van der Waals surface area contributed by atoms with Gasteiger partial charge in [0.05, 0.1) is 19.0 Å². The van der Waals surface area contributed by atoms with Gasteiger partial charge in [0.1, 0.15) is 11.5 Å². The van der Waals surface area contributed by atoms with Gasteiger partial charge in [-0.25, -0.2) is 13.2 Å². The van der Waals surface area contributed by atoms with Crippen molar-refractivity contribution in [3.8, 4) is 0 Å². The Morgan fingerprint density at radius 2 is 1.86 bits per heavy atom. The number of carbonyl (C=O) groups is 1. The minimum absolute atomic E-state index is 0.0731. The predicted molar refractivity (Wildman–Crippen MR) is 79.3 cm³/mol. The largest absolute Gasteiger partial charge is 0.475 e. The molecule has 0 bridgehead atoms. The van der Waals surface area contributed by atoms with Crippen LogP contribution in [0, 0.1) is 0 Å². The minimum atomic E-state index is -3.41. The Balaban J connectivity index is 1.79. The van der Waals surface area contributed by atoms with Gasteiger partial charge in [-0.3, -0.25) is 0 Å². The molecule has 1 aromatic heterocycles. The second kappa shape index (κ2) is 7.24. The van der Waals surface area contributed by atoms with Crippen LogP contribution < -0.4 is 0 Å². The van der Waals surface area contributed by atoms with Crippen molar-refractivity contribution in [2.75, 3.05) is 12.4 Å². The van der Waals surface area contributed by atoms with Crippen LogP contribution in [0.1, 0.15) is 21.9 Å². The van der Waals surface area contributed by atoms with Crippen LogP contribution in [-0.2, 0) is 26.9 Å². The Morgan fingerprint density at radius 1 is 1.14 bits per heavy atom. The number of rotatable bonds is 8. The molecule has 0 amide bonds. The number of hydrogen-bond donors (Lipinski definition) is 1. The SMILES string of the molecule is O=C(O)c1ccc(CS(=O)(=O)CCOCc2ccccc2)o1. The molecule has 0 saturated heterocycles. The summed E-state index contributed by atoms with van der Waals surface area (Å²) in [7, 11) is -3.41. The first-order valence-electron chi connectivity index (χ1n) is 6.60. The third-order valence-corrected chi connectivity index (χ3v) is 4.40. The molecule has 1 N–H and O–H groups in total. The molecule has 0 fully saturated rings. The highest BCUT2D eigenvalue weighted by Gasteiger charge is 2.16. The number of ether oxygens (including phenoxy) is 1. The van der Waals surface area contributed by atoms with E-state index in [1.54, 1.807) is 0 Å². The minimum Gasteiger partial charge on any atom is -0.475 e. The molecule has 0 aliphatic carbocycles. The van der Waals surface area contributed by atoms with Crippen molar-refractivity contribution in [3.63, 3.8) is 0 Å². The second-order valence-corrected chi connectivity index (χ2v) is 6.89. The summed E-state index contributed by atoms with van der Waals surface area (Å²) in [4.78, 5) is 10.7. The first-order valence-corrected chi connectivity index (χ1v) is 8.42. The van der Waals surface area contributed by atoms with E-state index in [1.165, 1.54) is 12.1 Å². The number of benzene rings is 1. The van der Waals surface area contributed by atoms with E-state index in [1.807, 2.05) is 30.3 Å². The lowest BCUT2D eigenvalue weighted by atomic mass is 10.2. The van der Waals surface area contributed by atoms with E-state index in [0.29, 0.717) is 6.61 Å². The highest BCUT2D eigenvalue weighted by molar-refractivity contribution is 7.90. The van der Waals surface area contributed by atoms with Gasteiger partial charge in [0, 0.05) is 0 Å². The normalized spacial score (nSPS) is 11.5. The number of furan rings is 1. The molecule has 6 nitrogen and oxygen atoms in total. The average Bonchev–Trinajstić information content (AvgIpc) is 2.93. The molecular formula is C15H16O6S. The van der Waals surface area contributed by atoms with Crippen molar-refractivity contribution in [2.45, 2.75) is 12.4 Å². The Morgan fingerprint density at radius 3 is 2.50 bits per heavy atom. The molecular weight excluding hydrogens is 308 g/mol. The van der Waals surface area contributed by atoms with Gasteiger partial charge in [0.2, 0.25) is 5.76 Å². The lowest BCUT2D eigenvalue weighted by Crippen LogP contribution is -2.14. The van der Waals surface area contributed by atoms with Gasteiger partial charge >= 0.3 is 5.97 Å². The van der Waals surface area contributed by atoms with Crippen LogP contribution in [0.15, 0.2) is 46.9 Å². The monoisotopic (exact) mass is 324 g/mol. The fourth-order valence-corrected chi connectivity index (χ4v) is 2.91. The molecule has 7 heteroatoms. The second-order valence-electron chi connectivity index (χ2n) is 4.70. The van der Waals surface area contributed by atoms with Gasteiger partial charge in [-0.15, -0.1) is 0 Å². The molecule has 0 saturated carbocycles. The van der Waals surface area contributed by atoms with Crippen molar-refractivity contribution in [2.24, 2.45) is 0 Å². The maximum atomic E-state index is 11.9. The molecule has 0 spiro atoms. The van der Waals surface area contributed by atoms with Crippen molar-refractivity contribution < 1.29 is 27.5 Å².